The van der Waals surface area contributed by atoms with E-state index in [1.54, 1.807) is 0 Å². The largest absolute Gasteiger partial charge is 0.459 e. The molecule has 0 radical (unpaired) electrons. The van der Waals surface area contributed by atoms with E-state index in [0.717, 1.165) is 12.1 Å². The highest BCUT2D eigenvalue weighted by Gasteiger charge is 2.54. The van der Waals surface area contributed by atoms with Gasteiger partial charge in [0.2, 0.25) is 0 Å². The van der Waals surface area contributed by atoms with E-state index in [9.17, 15) is 4.79 Å². The Morgan fingerprint density at radius 3 is 2.29 bits per heavy atom. The van der Waals surface area contributed by atoms with Crippen molar-refractivity contribution in [2.75, 3.05) is 0 Å². The number of hydrogen-bond acceptors (Lipinski definition) is 3. The van der Waals surface area contributed by atoms with E-state index in [0.29, 0.717) is 5.02 Å². The first-order valence-corrected chi connectivity index (χ1v) is 8.51. The molecular formula is C20H22ClNO2. The molecule has 0 N–H and O–H groups in total. The van der Waals surface area contributed by atoms with Crippen molar-refractivity contribution >= 4 is 17.6 Å². The van der Waals surface area contributed by atoms with Gasteiger partial charge >= 0.3 is 5.97 Å². The second-order valence-electron chi connectivity index (χ2n) is 7.13. The number of ether oxygens (including phenoxy) is 1. The molecule has 2 aromatic rings. The predicted molar refractivity (Wildman–Crippen MR) is 95.8 cm³/mol. The Balaban J connectivity index is 1.80. The minimum absolute atomic E-state index is 0.0392. The van der Waals surface area contributed by atoms with E-state index in [2.05, 4.69) is 17.0 Å². The van der Waals surface area contributed by atoms with Gasteiger partial charge in [0.15, 0.2) is 0 Å². The Morgan fingerprint density at radius 2 is 1.71 bits per heavy atom. The lowest BCUT2D eigenvalue weighted by molar-refractivity contribution is -0.155. The molecule has 3 rings (SSSR count). The number of nitrogens with zero attached hydrogens (tertiary/aromatic N) is 1. The summed E-state index contributed by atoms with van der Waals surface area (Å²) in [6.45, 7) is 6.41. The molecule has 1 saturated heterocycles. The summed E-state index contributed by atoms with van der Waals surface area (Å²) in [6, 6.07) is 17.6. The molecule has 2 aromatic carbocycles. The van der Waals surface area contributed by atoms with Crippen LogP contribution in [0.25, 0.3) is 0 Å². The van der Waals surface area contributed by atoms with Gasteiger partial charge in [0.1, 0.15) is 11.6 Å². The van der Waals surface area contributed by atoms with Gasteiger partial charge < -0.3 is 4.74 Å². The molecule has 1 aliphatic rings. The maximum atomic E-state index is 12.6. The lowest BCUT2D eigenvalue weighted by atomic mass is 10.1. The van der Waals surface area contributed by atoms with Crippen LogP contribution in [0, 0.1) is 0 Å². The second-order valence-corrected chi connectivity index (χ2v) is 7.57. The summed E-state index contributed by atoms with van der Waals surface area (Å²) in [6.07, 6.45) is 0. The molecule has 0 bridgehead atoms. The second kappa shape index (κ2) is 6.58. The normalized spacial score (nSPS) is 22.9. The lowest BCUT2D eigenvalue weighted by Gasteiger charge is -2.19. The fourth-order valence-corrected chi connectivity index (χ4v) is 3.05. The SMILES string of the molecule is CC(C)(C)OC(=O)[C@@H]1[C@H](c2ccc(Cl)cc2)N1Cc1ccccc1. The first kappa shape index (κ1) is 17.0. The van der Waals surface area contributed by atoms with Gasteiger partial charge in [0.05, 0.1) is 6.04 Å². The van der Waals surface area contributed by atoms with Crippen molar-refractivity contribution in [2.24, 2.45) is 0 Å². The van der Waals surface area contributed by atoms with Gasteiger partial charge in [-0.05, 0) is 44.0 Å². The zero-order valence-electron chi connectivity index (χ0n) is 14.2. The Kier molecular flexibility index (Phi) is 4.66. The standard InChI is InChI=1S/C20H22ClNO2/c1-20(2,3)24-19(23)18-17(15-9-11-16(21)12-10-15)22(18)13-14-7-5-4-6-8-14/h4-12,17-18H,13H2,1-3H3/t17-,18-,22?/m0/s1. The maximum Gasteiger partial charge on any atom is 0.325 e. The van der Waals surface area contributed by atoms with E-state index < -0.39 is 5.60 Å². The fraction of sp³-hybridized carbons (Fsp3) is 0.350. The summed E-state index contributed by atoms with van der Waals surface area (Å²) in [4.78, 5) is 14.7. The van der Waals surface area contributed by atoms with Crippen LogP contribution in [-0.2, 0) is 16.1 Å². The molecular weight excluding hydrogens is 322 g/mol. The highest BCUT2D eigenvalue weighted by Crippen LogP contribution is 2.45. The Bertz CT molecular complexity index is 707. The van der Waals surface area contributed by atoms with Gasteiger partial charge in [-0.2, -0.15) is 0 Å². The molecule has 0 amide bonds. The summed E-state index contributed by atoms with van der Waals surface area (Å²) >= 11 is 5.98. The summed E-state index contributed by atoms with van der Waals surface area (Å²) in [5, 5.41) is 0.697. The van der Waals surface area contributed by atoms with Crippen LogP contribution in [0.5, 0.6) is 0 Å². The number of carbonyl (C=O) groups is 1. The fourth-order valence-electron chi connectivity index (χ4n) is 2.93. The van der Waals surface area contributed by atoms with Crippen molar-refractivity contribution in [3.05, 3.63) is 70.7 Å². The smallest absolute Gasteiger partial charge is 0.325 e. The van der Waals surface area contributed by atoms with E-state index in [1.165, 1.54) is 5.56 Å². The Labute approximate surface area is 148 Å². The van der Waals surface area contributed by atoms with Crippen LogP contribution in [-0.4, -0.2) is 22.5 Å². The zero-order chi connectivity index (χ0) is 17.3. The predicted octanol–water partition coefficient (Wildman–Crippen LogP) is 4.61. The summed E-state index contributed by atoms with van der Waals surface area (Å²) in [5.74, 6) is -0.168. The minimum atomic E-state index is -0.483. The van der Waals surface area contributed by atoms with Gasteiger partial charge in [-0.3, -0.25) is 9.69 Å². The van der Waals surface area contributed by atoms with Gasteiger partial charge in [-0.15, -0.1) is 0 Å². The van der Waals surface area contributed by atoms with Gasteiger partial charge in [-0.1, -0.05) is 54.1 Å². The van der Waals surface area contributed by atoms with Crippen molar-refractivity contribution in [3.63, 3.8) is 0 Å². The molecule has 1 unspecified atom stereocenters. The highest BCUT2D eigenvalue weighted by molar-refractivity contribution is 6.30. The van der Waals surface area contributed by atoms with Crippen LogP contribution in [0.15, 0.2) is 54.6 Å². The highest BCUT2D eigenvalue weighted by atomic mass is 35.5. The zero-order valence-corrected chi connectivity index (χ0v) is 15.0. The van der Waals surface area contributed by atoms with Crippen LogP contribution in [0.4, 0.5) is 0 Å². The average molecular weight is 344 g/mol. The summed E-state index contributed by atoms with van der Waals surface area (Å²) in [5.41, 5.74) is 1.79. The molecule has 0 saturated carbocycles. The number of carbonyl (C=O) groups excluding carboxylic acids is 1. The molecule has 126 valence electrons. The number of hydrogen-bond donors (Lipinski definition) is 0. The van der Waals surface area contributed by atoms with Gasteiger partial charge in [0.25, 0.3) is 0 Å². The van der Waals surface area contributed by atoms with Gasteiger partial charge in [-0.25, -0.2) is 0 Å². The molecule has 0 spiro atoms. The summed E-state index contributed by atoms with van der Waals surface area (Å²) in [7, 11) is 0. The van der Waals surface area contributed by atoms with E-state index in [1.807, 2.05) is 63.2 Å². The number of benzene rings is 2. The monoisotopic (exact) mass is 343 g/mol. The third kappa shape index (κ3) is 3.97. The van der Waals surface area contributed by atoms with Crippen LogP contribution < -0.4 is 0 Å². The Morgan fingerprint density at radius 1 is 1.08 bits per heavy atom. The van der Waals surface area contributed by atoms with Crippen molar-refractivity contribution in [1.82, 2.24) is 4.90 Å². The Hall–Kier alpha value is -1.84. The molecule has 4 heteroatoms. The summed E-state index contributed by atoms with van der Waals surface area (Å²) < 4.78 is 5.60. The van der Waals surface area contributed by atoms with Crippen LogP contribution in [0.2, 0.25) is 5.02 Å². The molecule has 1 aliphatic heterocycles. The quantitative estimate of drug-likeness (QED) is 0.599. The van der Waals surface area contributed by atoms with Crippen LogP contribution >= 0.6 is 11.6 Å². The van der Waals surface area contributed by atoms with Crippen LogP contribution in [0.1, 0.15) is 37.9 Å². The topological polar surface area (TPSA) is 29.3 Å². The third-order valence-electron chi connectivity index (χ3n) is 3.99. The van der Waals surface area contributed by atoms with Crippen LogP contribution in [0.3, 0.4) is 0 Å². The van der Waals surface area contributed by atoms with E-state index in [-0.39, 0.29) is 18.1 Å². The number of esters is 1. The molecule has 1 heterocycles. The van der Waals surface area contributed by atoms with Crippen molar-refractivity contribution in [1.29, 1.82) is 0 Å². The molecule has 0 aromatic heterocycles. The molecule has 3 atom stereocenters. The van der Waals surface area contributed by atoms with Gasteiger partial charge in [0, 0.05) is 11.6 Å². The molecule has 0 aliphatic carbocycles. The number of rotatable bonds is 4. The van der Waals surface area contributed by atoms with Crippen molar-refractivity contribution in [2.45, 2.75) is 45.0 Å². The molecule has 24 heavy (non-hydrogen) atoms. The first-order valence-electron chi connectivity index (χ1n) is 8.13. The third-order valence-corrected chi connectivity index (χ3v) is 4.24. The number of halogens is 1. The first-order chi connectivity index (χ1) is 11.3. The molecule has 3 nitrogen and oxygen atoms in total. The minimum Gasteiger partial charge on any atom is -0.459 e. The maximum absolute atomic E-state index is 12.6. The lowest BCUT2D eigenvalue weighted by Crippen LogP contribution is -2.28. The van der Waals surface area contributed by atoms with Crippen molar-refractivity contribution < 1.29 is 9.53 Å². The van der Waals surface area contributed by atoms with E-state index >= 15 is 0 Å². The average Bonchev–Trinajstić information content (AvgIpc) is 3.21. The van der Waals surface area contributed by atoms with E-state index in [4.69, 9.17) is 16.3 Å². The molecule has 1 fully saturated rings. The van der Waals surface area contributed by atoms with Crippen molar-refractivity contribution in [3.8, 4) is 0 Å².